The van der Waals surface area contributed by atoms with Crippen LogP contribution >= 0.6 is 15.9 Å². The van der Waals surface area contributed by atoms with Crippen LogP contribution in [0.15, 0.2) is 41.0 Å². The molecular formula is C17H20BrN3O. The SMILES string of the molecule is CCC(C)NC(=O)c1cc(Nc2ccc(C)c(Br)c2)ccn1. The molecule has 0 spiro atoms. The second-order valence-electron chi connectivity index (χ2n) is 5.30. The third kappa shape index (κ3) is 4.31. The standard InChI is InChI=1S/C17H20BrN3O/c1-4-12(3)20-17(22)16-10-14(7-8-19-16)21-13-6-5-11(2)15(18)9-13/h5-10,12H,4H2,1-3H3,(H,19,21)(H,20,22). The first-order valence-electron chi connectivity index (χ1n) is 7.29. The molecule has 1 atom stereocenters. The molecule has 2 rings (SSSR count). The van der Waals surface area contributed by atoms with Crippen LogP contribution in [-0.2, 0) is 0 Å². The fraction of sp³-hybridized carbons (Fsp3) is 0.294. The molecule has 0 bridgehead atoms. The quantitative estimate of drug-likeness (QED) is 0.828. The van der Waals surface area contributed by atoms with E-state index in [1.807, 2.05) is 45.0 Å². The zero-order valence-corrected chi connectivity index (χ0v) is 14.6. The van der Waals surface area contributed by atoms with Gasteiger partial charge in [0, 0.05) is 28.1 Å². The van der Waals surface area contributed by atoms with Crippen LogP contribution in [0.5, 0.6) is 0 Å². The summed E-state index contributed by atoms with van der Waals surface area (Å²) in [6.07, 6.45) is 2.53. The van der Waals surface area contributed by atoms with Crippen LogP contribution in [-0.4, -0.2) is 16.9 Å². The lowest BCUT2D eigenvalue weighted by atomic mass is 10.2. The number of aromatic nitrogens is 1. The Morgan fingerprint density at radius 2 is 2.00 bits per heavy atom. The van der Waals surface area contributed by atoms with E-state index in [1.165, 1.54) is 5.56 Å². The van der Waals surface area contributed by atoms with Gasteiger partial charge in [-0.25, -0.2) is 0 Å². The number of carbonyl (C=O) groups is 1. The van der Waals surface area contributed by atoms with E-state index >= 15 is 0 Å². The molecule has 5 heteroatoms. The summed E-state index contributed by atoms with van der Waals surface area (Å²) in [4.78, 5) is 16.2. The minimum Gasteiger partial charge on any atom is -0.355 e. The summed E-state index contributed by atoms with van der Waals surface area (Å²) in [6.45, 7) is 6.05. The van der Waals surface area contributed by atoms with Crippen LogP contribution in [0, 0.1) is 6.92 Å². The van der Waals surface area contributed by atoms with Crippen LogP contribution in [0.3, 0.4) is 0 Å². The Morgan fingerprint density at radius 3 is 2.68 bits per heavy atom. The Kier molecular flexibility index (Phi) is 5.55. The zero-order valence-electron chi connectivity index (χ0n) is 13.0. The number of amides is 1. The average molecular weight is 362 g/mol. The number of pyridine rings is 1. The van der Waals surface area contributed by atoms with Crippen LogP contribution < -0.4 is 10.6 Å². The predicted molar refractivity (Wildman–Crippen MR) is 93.6 cm³/mol. The molecule has 0 saturated heterocycles. The van der Waals surface area contributed by atoms with Gasteiger partial charge < -0.3 is 10.6 Å². The van der Waals surface area contributed by atoms with Crippen molar-refractivity contribution in [3.05, 3.63) is 52.3 Å². The molecule has 0 fully saturated rings. The molecule has 1 unspecified atom stereocenters. The number of hydrogen-bond acceptors (Lipinski definition) is 3. The molecule has 116 valence electrons. The summed E-state index contributed by atoms with van der Waals surface area (Å²) in [5.74, 6) is -0.150. The number of halogens is 1. The van der Waals surface area contributed by atoms with Gasteiger partial charge >= 0.3 is 0 Å². The summed E-state index contributed by atoms with van der Waals surface area (Å²) in [5, 5.41) is 6.20. The predicted octanol–water partition coefficient (Wildman–Crippen LogP) is 4.42. The van der Waals surface area contributed by atoms with Gasteiger partial charge in [-0.05, 0) is 50.1 Å². The molecule has 2 N–H and O–H groups in total. The van der Waals surface area contributed by atoms with Gasteiger partial charge in [0.25, 0.3) is 5.91 Å². The maximum Gasteiger partial charge on any atom is 0.270 e. The third-order valence-corrected chi connectivity index (χ3v) is 4.30. The highest BCUT2D eigenvalue weighted by Gasteiger charge is 2.10. The van der Waals surface area contributed by atoms with Crippen molar-refractivity contribution in [2.45, 2.75) is 33.2 Å². The molecule has 4 nitrogen and oxygen atoms in total. The molecule has 1 amide bonds. The molecule has 1 aromatic carbocycles. The molecular weight excluding hydrogens is 342 g/mol. The number of rotatable bonds is 5. The van der Waals surface area contributed by atoms with E-state index in [4.69, 9.17) is 0 Å². The van der Waals surface area contributed by atoms with Gasteiger partial charge in [0.2, 0.25) is 0 Å². The number of benzene rings is 1. The van der Waals surface area contributed by atoms with Crippen LogP contribution in [0.4, 0.5) is 11.4 Å². The highest BCUT2D eigenvalue weighted by molar-refractivity contribution is 9.10. The fourth-order valence-electron chi connectivity index (χ4n) is 1.87. The second-order valence-corrected chi connectivity index (χ2v) is 6.16. The molecule has 0 aliphatic rings. The molecule has 0 aliphatic carbocycles. The summed E-state index contributed by atoms with van der Waals surface area (Å²) in [6, 6.07) is 9.77. The Balaban J connectivity index is 2.14. The second kappa shape index (κ2) is 7.40. The Labute approximate surface area is 139 Å². The van der Waals surface area contributed by atoms with Crippen molar-refractivity contribution in [1.29, 1.82) is 0 Å². The highest BCUT2D eigenvalue weighted by atomic mass is 79.9. The lowest BCUT2D eigenvalue weighted by molar-refractivity contribution is 0.0934. The van der Waals surface area contributed by atoms with Crippen LogP contribution in [0.2, 0.25) is 0 Å². The Bertz CT molecular complexity index is 673. The molecule has 0 radical (unpaired) electrons. The first-order valence-corrected chi connectivity index (χ1v) is 8.09. The summed E-state index contributed by atoms with van der Waals surface area (Å²) < 4.78 is 1.04. The Hall–Kier alpha value is -1.88. The number of carbonyl (C=O) groups excluding carboxylic acids is 1. The van der Waals surface area contributed by atoms with Crippen molar-refractivity contribution in [2.24, 2.45) is 0 Å². The van der Waals surface area contributed by atoms with Crippen LogP contribution in [0.25, 0.3) is 0 Å². The van der Waals surface area contributed by atoms with Gasteiger partial charge in [-0.15, -0.1) is 0 Å². The number of aryl methyl sites for hydroxylation is 1. The van der Waals surface area contributed by atoms with Crippen molar-refractivity contribution in [1.82, 2.24) is 10.3 Å². The maximum absolute atomic E-state index is 12.1. The van der Waals surface area contributed by atoms with Crippen molar-refractivity contribution < 1.29 is 4.79 Å². The topological polar surface area (TPSA) is 54.0 Å². The van der Waals surface area contributed by atoms with E-state index in [9.17, 15) is 4.79 Å². The lowest BCUT2D eigenvalue weighted by Gasteiger charge is -2.12. The largest absolute Gasteiger partial charge is 0.355 e. The van der Waals surface area contributed by atoms with E-state index in [2.05, 4.69) is 31.5 Å². The molecule has 0 saturated carbocycles. The molecule has 2 aromatic rings. The normalized spacial score (nSPS) is 11.8. The van der Waals surface area contributed by atoms with Gasteiger partial charge in [-0.2, -0.15) is 0 Å². The molecule has 22 heavy (non-hydrogen) atoms. The Morgan fingerprint density at radius 1 is 1.27 bits per heavy atom. The number of anilines is 2. The number of nitrogens with one attached hydrogen (secondary N) is 2. The molecule has 0 aliphatic heterocycles. The van der Waals surface area contributed by atoms with Crippen molar-refractivity contribution in [3.63, 3.8) is 0 Å². The van der Waals surface area contributed by atoms with Crippen molar-refractivity contribution in [2.75, 3.05) is 5.32 Å². The van der Waals surface area contributed by atoms with E-state index in [-0.39, 0.29) is 11.9 Å². The maximum atomic E-state index is 12.1. The van der Waals surface area contributed by atoms with E-state index in [0.717, 1.165) is 22.3 Å². The van der Waals surface area contributed by atoms with Gasteiger partial charge in [0.1, 0.15) is 5.69 Å². The molecule has 1 aromatic heterocycles. The van der Waals surface area contributed by atoms with Gasteiger partial charge in [-0.3, -0.25) is 9.78 Å². The first-order chi connectivity index (χ1) is 10.5. The summed E-state index contributed by atoms with van der Waals surface area (Å²) >= 11 is 3.52. The summed E-state index contributed by atoms with van der Waals surface area (Å²) in [7, 11) is 0. The fourth-order valence-corrected chi connectivity index (χ4v) is 2.25. The van der Waals surface area contributed by atoms with Gasteiger partial charge in [-0.1, -0.05) is 28.9 Å². The van der Waals surface area contributed by atoms with E-state index < -0.39 is 0 Å². The monoisotopic (exact) mass is 361 g/mol. The van der Waals surface area contributed by atoms with Crippen molar-refractivity contribution in [3.8, 4) is 0 Å². The smallest absolute Gasteiger partial charge is 0.270 e. The minimum atomic E-state index is -0.150. The van der Waals surface area contributed by atoms with Crippen molar-refractivity contribution >= 4 is 33.2 Å². The third-order valence-electron chi connectivity index (χ3n) is 3.44. The van der Waals surface area contributed by atoms with E-state index in [1.54, 1.807) is 12.3 Å². The highest BCUT2D eigenvalue weighted by Crippen LogP contribution is 2.23. The van der Waals surface area contributed by atoms with Gasteiger partial charge in [0.15, 0.2) is 0 Å². The van der Waals surface area contributed by atoms with Crippen LogP contribution in [0.1, 0.15) is 36.3 Å². The average Bonchev–Trinajstić information content (AvgIpc) is 2.51. The minimum absolute atomic E-state index is 0.138. The van der Waals surface area contributed by atoms with E-state index in [0.29, 0.717) is 5.69 Å². The summed E-state index contributed by atoms with van der Waals surface area (Å²) in [5.41, 5.74) is 3.38. The first kappa shape index (κ1) is 16.5. The van der Waals surface area contributed by atoms with Gasteiger partial charge in [0.05, 0.1) is 0 Å². The molecule has 1 heterocycles. The number of nitrogens with zero attached hydrogens (tertiary/aromatic N) is 1. The number of hydrogen-bond donors (Lipinski definition) is 2. The lowest BCUT2D eigenvalue weighted by Crippen LogP contribution is -2.32. The zero-order chi connectivity index (χ0) is 16.1.